The molecule has 0 aromatic heterocycles. The van der Waals surface area contributed by atoms with Crippen LogP contribution in [0.1, 0.15) is 30.4 Å². The Balaban J connectivity index is 1.81. The first-order valence-corrected chi connectivity index (χ1v) is 6.99. The zero-order valence-corrected chi connectivity index (χ0v) is 11.7. The molecule has 0 saturated heterocycles. The largest absolute Gasteiger partial charge is 0.396 e. The smallest absolute Gasteiger partial charge is 0.0499 e. The number of benzene rings is 1. The number of nitrogens with zero attached hydrogens (tertiary/aromatic N) is 1. The molecule has 1 saturated carbocycles. The summed E-state index contributed by atoms with van der Waals surface area (Å²) in [6.45, 7) is 4.64. The van der Waals surface area contributed by atoms with Gasteiger partial charge in [0.15, 0.2) is 0 Å². The summed E-state index contributed by atoms with van der Waals surface area (Å²) in [4.78, 5) is 2.38. The third kappa shape index (κ3) is 3.12. The molecule has 0 atom stereocenters. The highest BCUT2D eigenvalue weighted by Crippen LogP contribution is 2.40. The minimum absolute atomic E-state index is 0.209. The summed E-state index contributed by atoms with van der Waals surface area (Å²) < 4.78 is 0. The quantitative estimate of drug-likeness (QED) is 0.835. The lowest BCUT2D eigenvalue weighted by Crippen LogP contribution is -2.44. The van der Waals surface area contributed by atoms with E-state index in [4.69, 9.17) is 0 Å². The van der Waals surface area contributed by atoms with E-state index in [9.17, 15) is 5.11 Å². The van der Waals surface area contributed by atoms with Gasteiger partial charge in [-0.3, -0.25) is 0 Å². The normalized spacial score (nSPS) is 17.8. The fourth-order valence-corrected chi connectivity index (χ4v) is 2.90. The number of hydrogen-bond donors (Lipinski definition) is 1. The standard InChI is InChI=1S/C16H25NO/c1-14-6-3-4-7-15(14)8-11-17(2)12-16(13-18)9-5-10-16/h3-4,6-7,18H,5,8-13H2,1-2H3. The predicted molar refractivity (Wildman–Crippen MR) is 75.7 cm³/mol. The molecule has 1 aliphatic rings. The van der Waals surface area contributed by atoms with Crippen molar-refractivity contribution in [2.24, 2.45) is 5.41 Å². The number of likely N-dealkylation sites (N-methyl/N-ethyl adjacent to an activating group) is 1. The molecule has 0 heterocycles. The van der Waals surface area contributed by atoms with Crippen LogP contribution in [-0.4, -0.2) is 36.8 Å². The van der Waals surface area contributed by atoms with Gasteiger partial charge in [-0.2, -0.15) is 0 Å². The van der Waals surface area contributed by atoms with Crippen LogP contribution in [0.5, 0.6) is 0 Å². The lowest BCUT2D eigenvalue weighted by molar-refractivity contribution is 0.0149. The molecule has 1 aromatic carbocycles. The lowest BCUT2D eigenvalue weighted by atomic mass is 9.69. The van der Waals surface area contributed by atoms with Crippen molar-refractivity contribution in [3.05, 3.63) is 35.4 Å². The first-order valence-electron chi connectivity index (χ1n) is 6.99. The van der Waals surface area contributed by atoms with Crippen molar-refractivity contribution in [1.29, 1.82) is 0 Å². The van der Waals surface area contributed by atoms with Gasteiger partial charge in [0.25, 0.3) is 0 Å². The van der Waals surface area contributed by atoms with Crippen LogP contribution in [0.15, 0.2) is 24.3 Å². The van der Waals surface area contributed by atoms with E-state index in [2.05, 4.69) is 43.1 Å². The second-order valence-electron chi connectivity index (χ2n) is 5.93. The van der Waals surface area contributed by atoms with Crippen LogP contribution in [-0.2, 0) is 6.42 Å². The van der Waals surface area contributed by atoms with Crippen LogP contribution < -0.4 is 0 Å². The van der Waals surface area contributed by atoms with Crippen LogP contribution in [0, 0.1) is 12.3 Å². The molecule has 0 spiro atoms. The second kappa shape index (κ2) is 5.85. The molecule has 0 radical (unpaired) electrons. The molecule has 1 fully saturated rings. The molecular formula is C16H25NO. The third-order valence-electron chi connectivity index (χ3n) is 4.38. The minimum Gasteiger partial charge on any atom is -0.396 e. The molecule has 2 nitrogen and oxygen atoms in total. The Morgan fingerprint density at radius 1 is 1.28 bits per heavy atom. The van der Waals surface area contributed by atoms with Crippen LogP contribution in [0.4, 0.5) is 0 Å². The van der Waals surface area contributed by atoms with E-state index in [0.29, 0.717) is 6.61 Å². The van der Waals surface area contributed by atoms with Crippen molar-refractivity contribution in [3.8, 4) is 0 Å². The number of aryl methyl sites for hydroxylation is 1. The van der Waals surface area contributed by atoms with E-state index < -0.39 is 0 Å². The summed E-state index contributed by atoms with van der Waals surface area (Å²) in [5, 5.41) is 9.49. The van der Waals surface area contributed by atoms with E-state index >= 15 is 0 Å². The van der Waals surface area contributed by atoms with Crippen molar-refractivity contribution >= 4 is 0 Å². The maximum atomic E-state index is 9.49. The summed E-state index contributed by atoms with van der Waals surface area (Å²) >= 11 is 0. The van der Waals surface area contributed by atoms with Gasteiger partial charge in [-0.15, -0.1) is 0 Å². The molecule has 100 valence electrons. The molecule has 1 aliphatic carbocycles. The Morgan fingerprint density at radius 2 is 2.00 bits per heavy atom. The maximum absolute atomic E-state index is 9.49. The van der Waals surface area contributed by atoms with Gasteiger partial charge in [0.05, 0.1) is 0 Å². The van der Waals surface area contributed by atoms with Gasteiger partial charge >= 0.3 is 0 Å². The van der Waals surface area contributed by atoms with Gasteiger partial charge < -0.3 is 10.0 Å². The Labute approximate surface area is 111 Å². The average molecular weight is 247 g/mol. The fraction of sp³-hybridized carbons (Fsp3) is 0.625. The topological polar surface area (TPSA) is 23.5 Å². The van der Waals surface area contributed by atoms with Crippen molar-refractivity contribution in [2.45, 2.75) is 32.6 Å². The molecule has 0 unspecified atom stereocenters. The molecule has 18 heavy (non-hydrogen) atoms. The van der Waals surface area contributed by atoms with E-state index in [-0.39, 0.29) is 5.41 Å². The summed E-state index contributed by atoms with van der Waals surface area (Å²) in [5.41, 5.74) is 3.03. The van der Waals surface area contributed by atoms with E-state index in [0.717, 1.165) is 19.5 Å². The first kappa shape index (κ1) is 13.6. The number of hydrogen-bond acceptors (Lipinski definition) is 2. The highest BCUT2D eigenvalue weighted by atomic mass is 16.3. The summed E-state index contributed by atoms with van der Waals surface area (Å²) in [6, 6.07) is 8.60. The molecule has 2 rings (SSSR count). The van der Waals surface area contributed by atoms with Gasteiger partial charge in [-0.25, -0.2) is 0 Å². The van der Waals surface area contributed by atoms with Crippen molar-refractivity contribution in [1.82, 2.24) is 4.90 Å². The van der Waals surface area contributed by atoms with E-state index in [1.54, 1.807) is 0 Å². The van der Waals surface area contributed by atoms with Gasteiger partial charge in [0.1, 0.15) is 0 Å². The Bertz CT molecular complexity index is 379. The minimum atomic E-state index is 0.209. The molecule has 0 amide bonds. The van der Waals surface area contributed by atoms with Gasteiger partial charge in [0.2, 0.25) is 0 Å². The molecule has 1 aromatic rings. The van der Waals surface area contributed by atoms with Crippen LogP contribution in [0.25, 0.3) is 0 Å². The van der Waals surface area contributed by atoms with Crippen molar-refractivity contribution < 1.29 is 5.11 Å². The summed E-state index contributed by atoms with van der Waals surface area (Å²) in [7, 11) is 2.17. The van der Waals surface area contributed by atoms with Crippen LogP contribution in [0.2, 0.25) is 0 Å². The fourth-order valence-electron chi connectivity index (χ4n) is 2.90. The summed E-state index contributed by atoms with van der Waals surface area (Å²) in [6.07, 6.45) is 4.77. The Hall–Kier alpha value is -0.860. The summed E-state index contributed by atoms with van der Waals surface area (Å²) in [5.74, 6) is 0. The van der Waals surface area contributed by atoms with Crippen molar-refractivity contribution in [2.75, 3.05) is 26.7 Å². The zero-order chi connectivity index (χ0) is 13.0. The number of rotatable bonds is 6. The average Bonchev–Trinajstić information content (AvgIpc) is 2.33. The van der Waals surface area contributed by atoms with Crippen LogP contribution in [0.3, 0.4) is 0 Å². The van der Waals surface area contributed by atoms with Crippen LogP contribution >= 0.6 is 0 Å². The Morgan fingerprint density at radius 3 is 2.56 bits per heavy atom. The third-order valence-corrected chi connectivity index (χ3v) is 4.38. The highest BCUT2D eigenvalue weighted by Gasteiger charge is 2.36. The number of aliphatic hydroxyl groups excluding tert-OH is 1. The molecule has 2 heteroatoms. The lowest BCUT2D eigenvalue weighted by Gasteiger charge is -2.43. The second-order valence-corrected chi connectivity index (χ2v) is 5.93. The van der Waals surface area contributed by atoms with Gasteiger partial charge in [-0.05, 0) is 44.4 Å². The number of aliphatic hydroxyl groups is 1. The maximum Gasteiger partial charge on any atom is 0.0499 e. The molecule has 0 aliphatic heterocycles. The monoisotopic (exact) mass is 247 g/mol. The van der Waals surface area contributed by atoms with Crippen molar-refractivity contribution in [3.63, 3.8) is 0 Å². The predicted octanol–water partition coefficient (Wildman–Crippen LogP) is 2.63. The SMILES string of the molecule is Cc1ccccc1CCN(C)CC1(CO)CCC1. The Kier molecular flexibility index (Phi) is 4.41. The van der Waals surface area contributed by atoms with Gasteiger partial charge in [0, 0.05) is 25.1 Å². The molecule has 1 N–H and O–H groups in total. The van der Waals surface area contributed by atoms with E-state index in [1.165, 1.54) is 30.4 Å². The molecule has 0 bridgehead atoms. The van der Waals surface area contributed by atoms with Gasteiger partial charge in [-0.1, -0.05) is 30.7 Å². The first-order chi connectivity index (χ1) is 8.65. The molecular weight excluding hydrogens is 222 g/mol. The highest BCUT2D eigenvalue weighted by molar-refractivity contribution is 5.25. The van der Waals surface area contributed by atoms with E-state index in [1.807, 2.05) is 0 Å². The zero-order valence-electron chi connectivity index (χ0n) is 11.7.